The average Bonchev–Trinajstić information content (AvgIpc) is 2.79. The number of carbonyl (C=O) groups excluding carboxylic acids is 1. The molecule has 4 rings (SSSR count). The smallest absolute Gasteiger partial charge is 0.271 e. The number of non-ortho nitro benzene ring substituents is 1. The molecule has 154 valence electrons. The molecule has 0 saturated carbocycles. The number of rotatable bonds is 6. The van der Waals surface area contributed by atoms with Crippen molar-refractivity contribution in [2.75, 3.05) is 11.1 Å². The summed E-state index contributed by atoms with van der Waals surface area (Å²) in [6, 6.07) is 21.0. The Morgan fingerprint density at radius 2 is 1.68 bits per heavy atom. The first-order chi connectivity index (χ1) is 15.0. The van der Waals surface area contributed by atoms with E-state index in [9.17, 15) is 14.9 Å². The second kappa shape index (κ2) is 9.11. The standard InChI is InChI=1S/C22H15ClN4O3S/c23-16-11-10-15(27(29)30)12-19(16)24-20(28)13-31-22-21(14-6-2-1-3-7-14)25-17-8-4-5-9-18(17)26-22/h1-12H,13H2,(H,24,28). The number of halogens is 1. The zero-order valence-corrected chi connectivity index (χ0v) is 17.6. The van der Waals surface area contributed by atoms with Gasteiger partial charge in [-0.3, -0.25) is 14.9 Å². The van der Waals surface area contributed by atoms with Crippen molar-refractivity contribution >= 4 is 51.7 Å². The van der Waals surface area contributed by atoms with Gasteiger partial charge in [-0.2, -0.15) is 0 Å². The van der Waals surface area contributed by atoms with Gasteiger partial charge in [-0.15, -0.1) is 0 Å². The van der Waals surface area contributed by atoms with E-state index in [4.69, 9.17) is 21.6 Å². The molecule has 0 radical (unpaired) electrons. The van der Waals surface area contributed by atoms with Crippen LogP contribution < -0.4 is 5.32 Å². The lowest BCUT2D eigenvalue weighted by Crippen LogP contribution is -2.14. The number of carbonyl (C=O) groups is 1. The van der Waals surface area contributed by atoms with Crippen LogP contribution in [0, 0.1) is 10.1 Å². The third kappa shape index (κ3) is 4.82. The second-order valence-corrected chi connectivity index (χ2v) is 7.86. The zero-order chi connectivity index (χ0) is 21.8. The largest absolute Gasteiger partial charge is 0.324 e. The van der Waals surface area contributed by atoms with Crippen LogP contribution in [-0.4, -0.2) is 26.6 Å². The van der Waals surface area contributed by atoms with Gasteiger partial charge >= 0.3 is 0 Å². The first-order valence-electron chi connectivity index (χ1n) is 9.20. The zero-order valence-electron chi connectivity index (χ0n) is 16.0. The van der Waals surface area contributed by atoms with E-state index in [-0.39, 0.29) is 28.1 Å². The van der Waals surface area contributed by atoms with E-state index in [0.29, 0.717) is 10.7 Å². The topological polar surface area (TPSA) is 98.0 Å². The fraction of sp³-hybridized carbons (Fsp3) is 0.0455. The van der Waals surface area contributed by atoms with Gasteiger partial charge < -0.3 is 5.32 Å². The van der Waals surface area contributed by atoms with Crippen LogP contribution in [0.1, 0.15) is 0 Å². The summed E-state index contributed by atoms with van der Waals surface area (Å²) < 4.78 is 0. The highest BCUT2D eigenvalue weighted by Crippen LogP contribution is 2.31. The maximum Gasteiger partial charge on any atom is 0.271 e. The number of nitro benzene ring substituents is 1. The van der Waals surface area contributed by atoms with Crippen LogP contribution in [-0.2, 0) is 4.79 Å². The molecule has 0 aliphatic rings. The normalized spacial score (nSPS) is 10.7. The molecule has 31 heavy (non-hydrogen) atoms. The average molecular weight is 451 g/mol. The number of nitrogens with zero attached hydrogens (tertiary/aromatic N) is 3. The number of amides is 1. The molecule has 4 aromatic rings. The van der Waals surface area contributed by atoms with Crippen LogP contribution in [0.15, 0.2) is 77.8 Å². The second-order valence-electron chi connectivity index (χ2n) is 6.49. The first kappa shape index (κ1) is 20.8. The van der Waals surface area contributed by atoms with Crippen LogP contribution in [0.5, 0.6) is 0 Å². The number of nitro groups is 1. The Balaban J connectivity index is 1.58. The van der Waals surface area contributed by atoms with E-state index in [1.807, 2.05) is 54.6 Å². The molecule has 0 aliphatic carbocycles. The number of hydrogen-bond donors (Lipinski definition) is 1. The summed E-state index contributed by atoms with van der Waals surface area (Å²) in [5, 5.41) is 14.4. The van der Waals surface area contributed by atoms with Crippen LogP contribution in [0.2, 0.25) is 5.02 Å². The summed E-state index contributed by atoms with van der Waals surface area (Å²) in [7, 11) is 0. The van der Waals surface area contributed by atoms with Crippen LogP contribution in [0.4, 0.5) is 11.4 Å². The Hall–Kier alpha value is -3.49. The van der Waals surface area contributed by atoms with E-state index in [2.05, 4.69) is 5.32 Å². The molecule has 0 unspecified atom stereocenters. The van der Waals surface area contributed by atoms with Crippen molar-refractivity contribution in [2.45, 2.75) is 5.03 Å². The Bertz CT molecular complexity index is 1280. The van der Waals surface area contributed by atoms with Gasteiger partial charge in [0.15, 0.2) is 0 Å². The van der Waals surface area contributed by atoms with Crippen molar-refractivity contribution in [1.29, 1.82) is 0 Å². The number of hydrogen-bond acceptors (Lipinski definition) is 6. The molecule has 1 aromatic heterocycles. The van der Waals surface area contributed by atoms with E-state index in [0.717, 1.165) is 16.6 Å². The van der Waals surface area contributed by atoms with Crippen molar-refractivity contribution in [3.05, 3.63) is 87.9 Å². The lowest BCUT2D eigenvalue weighted by molar-refractivity contribution is -0.384. The number of para-hydroxylation sites is 2. The highest BCUT2D eigenvalue weighted by atomic mass is 35.5. The van der Waals surface area contributed by atoms with Crippen LogP contribution >= 0.6 is 23.4 Å². The SMILES string of the molecule is O=C(CSc1nc2ccccc2nc1-c1ccccc1)Nc1cc([N+](=O)[O-])ccc1Cl. The third-order valence-electron chi connectivity index (χ3n) is 4.36. The summed E-state index contributed by atoms with van der Waals surface area (Å²) in [6.45, 7) is 0. The third-order valence-corrected chi connectivity index (χ3v) is 5.65. The van der Waals surface area contributed by atoms with Crippen LogP contribution in [0.3, 0.4) is 0 Å². The molecular formula is C22H15ClN4O3S. The first-order valence-corrected chi connectivity index (χ1v) is 10.6. The maximum absolute atomic E-state index is 12.5. The van der Waals surface area contributed by atoms with Gasteiger partial charge in [0.1, 0.15) is 10.7 Å². The van der Waals surface area contributed by atoms with Crippen molar-refractivity contribution in [3.8, 4) is 11.3 Å². The minimum atomic E-state index is -0.544. The number of nitrogens with one attached hydrogen (secondary N) is 1. The molecule has 1 N–H and O–H groups in total. The Morgan fingerprint density at radius 3 is 2.39 bits per heavy atom. The number of aromatic nitrogens is 2. The highest BCUT2D eigenvalue weighted by molar-refractivity contribution is 8.00. The van der Waals surface area contributed by atoms with Gasteiger partial charge in [-0.25, -0.2) is 9.97 Å². The molecule has 9 heteroatoms. The summed E-state index contributed by atoms with van der Waals surface area (Å²) in [4.78, 5) is 32.4. The van der Waals surface area contributed by atoms with E-state index >= 15 is 0 Å². The molecule has 1 amide bonds. The van der Waals surface area contributed by atoms with Crippen molar-refractivity contribution in [2.24, 2.45) is 0 Å². The number of fused-ring (bicyclic) bond motifs is 1. The molecule has 0 atom stereocenters. The van der Waals surface area contributed by atoms with Crippen molar-refractivity contribution < 1.29 is 9.72 Å². The summed E-state index contributed by atoms with van der Waals surface area (Å²) in [5.41, 5.74) is 3.11. The molecule has 3 aromatic carbocycles. The molecule has 0 aliphatic heterocycles. The summed E-state index contributed by atoms with van der Waals surface area (Å²) in [6.07, 6.45) is 0. The number of thioether (sulfide) groups is 1. The van der Waals surface area contributed by atoms with E-state index < -0.39 is 4.92 Å². The minimum absolute atomic E-state index is 0.0336. The van der Waals surface area contributed by atoms with Gasteiger partial charge in [0.05, 0.1) is 32.4 Å². The van der Waals surface area contributed by atoms with Gasteiger partial charge in [0.2, 0.25) is 5.91 Å². The Morgan fingerprint density at radius 1 is 1.00 bits per heavy atom. The predicted molar refractivity (Wildman–Crippen MR) is 122 cm³/mol. The highest BCUT2D eigenvalue weighted by Gasteiger charge is 2.15. The fourth-order valence-electron chi connectivity index (χ4n) is 2.91. The molecule has 7 nitrogen and oxygen atoms in total. The van der Waals surface area contributed by atoms with Gasteiger partial charge in [-0.05, 0) is 18.2 Å². The number of benzene rings is 3. The van der Waals surface area contributed by atoms with Gasteiger partial charge in [0, 0.05) is 17.7 Å². The number of anilines is 1. The minimum Gasteiger partial charge on any atom is -0.324 e. The predicted octanol–water partition coefficient (Wildman–Crippen LogP) is 5.59. The Labute approximate surface area is 186 Å². The lowest BCUT2D eigenvalue weighted by atomic mass is 10.1. The van der Waals surface area contributed by atoms with Crippen molar-refractivity contribution in [1.82, 2.24) is 9.97 Å². The fourth-order valence-corrected chi connectivity index (χ4v) is 3.88. The molecular weight excluding hydrogens is 436 g/mol. The molecule has 0 spiro atoms. The van der Waals surface area contributed by atoms with Crippen LogP contribution in [0.25, 0.3) is 22.3 Å². The van der Waals surface area contributed by atoms with Gasteiger partial charge in [-0.1, -0.05) is 65.8 Å². The van der Waals surface area contributed by atoms with Gasteiger partial charge in [0.25, 0.3) is 5.69 Å². The quantitative estimate of drug-likeness (QED) is 0.233. The van der Waals surface area contributed by atoms with E-state index in [1.54, 1.807) is 0 Å². The van der Waals surface area contributed by atoms with Crippen molar-refractivity contribution in [3.63, 3.8) is 0 Å². The molecule has 0 saturated heterocycles. The maximum atomic E-state index is 12.5. The van der Waals surface area contributed by atoms with E-state index in [1.165, 1.54) is 30.0 Å². The lowest BCUT2D eigenvalue weighted by Gasteiger charge is -2.10. The summed E-state index contributed by atoms with van der Waals surface area (Å²) in [5.74, 6) is -0.326. The monoisotopic (exact) mass is 450 g/mol. The summed E-state index contributed by atoms with van der Waals surface area (Å²) >= 11 is 7.30. The molecule has 1 heterocycles. The molecule has 0 fully saturated rings. The molecule has 0 bridgehead atoms. The Kier molecular flexibility index (Phi) is 6.11.